The fraction of sp³-hybridized carbons (Fsp3) is 0.167. The van der Waals surface area contributed by atoms with Gasteiger partial charge in [-0.3, -0.25) is 9.59 Å². The van der Waals surface area contributed by atoms with Crippen LogP contribution in [0.15, 0.2) is 71.6 Å². The summed E-state index contributed by atoms with van der Waals surface area (Å²) in [6.45, 7) is 1.85. The molecule has 33 heavy (non-hydrogen) atoms. The summed E-state index contributed by atoms with van der Waals surface area (Å²) in [5.41, 5.74) is 3.13. The summed E-state index contributed by atoms with van der Waals surface area (Å²) in [7, 11) is -4.06. The number of fused-ring (bicyclic) bond motifs is 1. The number of carbonyl (C=O) groups excluding carboxylic acids is 2. The van der Waals surface area contributed by atoms with E-state index in [0.29, 0.717) is 28.4 Å². The molecule has 7 nitrogen and oxygen atoms in total. The molecule has 1 heterocycles. The van der Waals surface area contributed by atoms with E-state index in [-0.39, 0.29) is 17.2 Å². The van der Waals surface area contributed by atoms with Gasteiger partial charge in [0, 0.05) is 22.8 Å². The van der Waals surface area contributed by atoms with Crippen LogP contribution in [0.2, 0.25) is 5.02 Å². The van der Waals surface area contributed by atoms with Crippen LogP contribution in [0.25, 0.3) is 0 Å². The third kappa shape index (κ3) is 5.24. The van der Waals surface area contributed by atoms with Crippen molar-refractivity contribution in [2.45, 2.75) is 30.7 Å². The summed E-state index contributed by atoms with van der Waals surface area (Å²) in [4.78, 5) is 24.8. The van der Waals surface area contributed by atoms with Gasteiger partial charge in [0.2, 0.25) is 21.8 Å². The van der Waals surface area contributed by atoms with Gasteiger partial charge < -0.3 is 10.6 Å². The van der Waals surface area contributed by atoms with Crippen molar-refractivity contribution >= 4 is 44.8 Å². The molecule has 2 amide bonds. The first-order valence-corrected chi connectivity index (χ1v) is 12.2. The van der Waals surface area contributed by atoms with Crippen molar-refractivity contribution in [3.8, 4) is 0 Å². The Balaban J connectivity index is 1.63. The molecular weight excluding hydrogens is 462 g/mol. The number of hydrogen-bond acceptors (Lipinski definition) is 4. The summed E-state index contributed by atoms with van der Waals surface area (Å²) in [6.07, 6.45) is 0.736. The van der Waals surface area contributed by atoms with Crippen LogP contribution in [0.5, 0.6) is 0 Å². The molecule has 0 radical (unpaired) electrons. The molecule has 0 spiro atoms. The van der Waals surface area contributed by atoms with Crippen molar-refractivity contribution in [3.63, 3.8) is 0 Å². The van der Waals surface area contributed by atoms with Gasteiger partial charge in [0.15, 0.2) is 0 Å². The predicted molar refractivity (Wildman–Crippen MR) is 128 cm³/mol. The number of halogens is 1. The lowest BCUT2D eigenvalue weighted by Crippen LogP contribution is -2.37. The third-order valence-electron chi connectivity index (χ3n) is 5.39. The third-order valence-corrected chi connectivity index (χ3v) is 7.22. The molecule has 1 unspecified atom stereocenters. The lowest BCUT2D eigenvalue weighted by atomic mass is 10.0. The number of anilines is 2. The Hall–Kier alpha value is -3.20. The van der Waals surface area contributed by atoms with Gasteiger partial charge in [0.25, 0.3) is 0 Å². The molecule has 0 bridgehead atoms. The van der Waals surface area contributed by atoms with E-state index < -0.39 is 22.0 Å². The highest BCUT2D eigenvalue weighted by molar-refractivity contribution is 7.89. The monoisotopic (exact) mass is 483 g/mol. The van der Waals surface area contributed by atoms with Crippen molar-refractivity contribution in [1.82, 2.24) is 4.72 Å². The Morgan fingerprint density at radius 2 is 1.79 bits per heavy atom. The van der Waals surface area contributed by atoms with Crippen LogP contribution in [0, 0.1) is 6.92 Å². The van der Waals surface area contributed by atoms with Gasteiger partial charge in [-0.15, -0.1) is 0 Å². The zero-order valence-corrected chi connectivity index (χ0v) is 19.3. The second kappa shape index (κ2) is 9.35. The zero-order chi connectivity index (χ0) is 23.6. The van der Waals surface area contributed by atoms with E-state index in [0.717, 1.165) is 11.1 Å². The van der Waals surface area contributed by atoms with Gasteiger partial charge in [-0.25, -0.2) is 8.42 Å². The van der Waals surface area contributed by atoms with E-state index in [4.69, 9.17) is 11.6 Å². The van der Waals surface area contributed by atoms with Gasteiger partial charge in [-0.1, -0.05) is 48.0 Å². The molecule has 1 aliphatic rings. The maximum Gasteiger partial charge on any atom is 0.247 e. The van der Waals surface area contributed by atoms with E-state index in [9.17, 15) is 18.0 Å². The SMILES string of the molecule is Cc1ccc(NC(=O)C(NS(=O)(=O)c2ccc3c(c2)CCC(=O)N3)c2ccccc2)cc1Cl. The zero-order valence-electron chi connectivity index (χ0n) is 17.8. The molecular formula is C24H22ClN3O4S. The number of amides is 2. The molecule has 3 aromatic rings. The minimum atomic E-state index is -4.06. The van der Waals surface area contributed by atoms with Crippen LogP contribution in [-0.2, 0) is 26.0 Å². The quantitative estimate of drug-likeness (QED) is 0.489. The van der Waals surface area contributed by atoms with Crippen molar-refractivity contribution in [1.29, 1.82) is 0 Å². The number of carbonyl (C=O) groups is 2. The molecule has 0 aliphatic carbocycles. The van der Waals surface area contributed by atoms with Gasteiger partial charge >= 0.3 is 0 Å². The average molecular weight is 484 g/mol. The lowest BCUT2D eigenvalue weighted by molar-refractivity contribution is -0.118. The highest BCUT2D eigenvalue weighted by atomic mass is 35.5. The van der Waals surface area contributed by atoms with Crippen LogP contribution in [0.1, 0.15) is 29.2 Å². The predicted octanol–water partition coefficient (Wildman–Crippen LogP) is 4.19. The number of benzene rings is 3. The number of nitrogens with one attached hydrogen (secondary N) is 3. The van der Waals surface area contributed by atoms with Gasteiger partial charge in [0.1, 0.15) is 6.04 Å². The molecule has 0 fully saturated rings. The van der Waals surface area contributed by atoms with Gasteiger partial charge in [-0.05, 0) is 60.4 Å². The van der Waals surface area contributed by atoms with Crippen molar-refractivity contribution in [2.75, 3.05) is 10.6 Å². The standard InChI is InChI=1S/C24H22ClN3O4S/c1-15-7-9-18(14-20(15)25)26-24(30)23(16-5-3-2-4-6-16)28-33(31,32)19-10-11-21-17(13-19)8-12-22(29)27-21/h2-7,9-11,13-14,23,28H,8,12H2,1H3,(H,26,30)(H,27,29). The number of sulfonamides is 1. The first-order chi connectivity index (χ1) is 15.7. The van der Waals surface area contributed by atoms with Crippen LogP contribution in [0.3, 0.4) is 0 Å². The normalized spacial score (nSPS) is 14.2. The number of rotatable bonds is 6. The van der Waals surface area contributed by atoms with E-state index in [1.807, 2.05) is 6.92 Å². The van der Waals surface area contributed by atoms with E-state index >= 15 is 0 Å². The molecule has 4 rings (SSSR count). The Morgan fingerprint density at radius 1 is 1.03 bits per heavy atom. The van der Waals surface area contributed by atoms with Gasteiger partial charge in [0.05, 0.1) is 4.90 Å². The molecule has 1 aliphatic heterocycles. The smallest absolute Gasteiger partial charge is 0.247 e. The van der Waals surface area contributed by atoms with E-state index in [1.54, 1.807) is 54.6 Å². The van der Waals surface area contributed by atoms with Gasteiger partial charge in [-0.2, -0.15) is 4.72 Å². The van der Waals surface area contributed by atoms with E-state index in [2.05, 4.69) is 15.4 Å². The van der Waals surface area contributed by atoms with Crippen LogP contribution < -0.4 is 15.4 Å². The lowest BCUT2D eigenvalue weighted by Gasteiger charge is -2.21. The minimum Gasteiger partial charge on any atom is -0.326 e. The molecule has 1 atom stereocenters. The summed E-state index contributed by atoms with van der Waals surface area (Å²) < 4.78 is 29.0. The summed E-state index contributed by atoms with van der Waals surface area (Å²) in [6, 6.07) is 17.0. The topological polar surface area (TPSA) is 104 Å². The summed E-state index contributed by atoms with van der Waals surface area (Å²) in [5, 5.41) is 5.96. The largest absolute Gasteiger partial charge is 0.326 e. The first-order valence-electron chi connectivity index (χ1n) is 10.3. The molecule has 0 saturated carbocycles. The van der Waals surface area contributed by atoms with Crippen LogP contribution in [-0.4, -0.2) is 20.2 Å². The number of hydrogen-bond donors (Lipinski definition) is 3. The molecule has 0 saturated heterocycles. The molecule has 170 valence electrons. The highest BCUT2D eigenvalue weighted by Gasteiger charge is 2.28. The fourth-order valence-electron chi connectivity index (χ4n) is 3.55. The molecule has 3 N–H and O–H groups in total. The number of aryl methyl sites for hydroxylation is 2. The maximum absolute atomic E-state index is 13.2. The second-order valence-corrected chi connectivity index (χ2v) is 9.91. The first kappa shape index (κ1) is 23.0. The molecule has 9 heteroatoms. The summed E-state index contributed by atoms with van der Waals surface area (Å²) in [5.74, 6) is -0.650. The maximum atomic E-state index is 13.2. The van der Waals surface area contributed by atoms with Crippen molar-refractivity contribution in [2.24, 2.45) is 0 Å². The highest BCUT2D eigenvalue weighted by Crippen LogP contribution is 2.27. The van der Waals surface area contributed by atoms with Crippen LogP contribution in [0.4, 0.5) is 11.4 Å². The van der Waals surface area contributed by atoms with E-state index in [1.165, 1.54) is 12.1 Å². The summed E-state index contributed by atoms with van der Waals surface area (Å²) >= 11 is 6.16. The molecule has 0 aromatic heterocycles. The van der Waals surface area contributed by atoms with Crippen molar-refractivity contribution in [3.05, 3.63) is 88.4 Å². The Labute approximate surface area is 197 Å². The Kier molecular flexibility index (Phi) is 6.51. The molecule has 3 aromatic carbocycles. The van der Waals surface area contributed by atoms with Crippen LogP contribution >= 0.6 is 11.6 Å². The minimum absolute atomic E-state index is 0.0181. The fourth-order valence-corrected chi connectivity index (χ4v) is 4.97. The average Bonchev–Trinajstić information content (AvgIpc) is 2.80. The Morgan fingerprint density at radius 3 is 2.52 bits per heavy atom. The second-order valence-electron chi connectivity index (χ2n) is 7.79. The Bertz CT molecular complexity index is 1330. The van der Waals surface area contributed by atoms with Crippen molar-refractivity contribution < 1.29 is 18.0 Å².